The summed E-state index contributed by atoms with van der Waals surface area (Å²) >= 11 is 5.81. The van der Waals surface area contributed by atoms with Gasteiger partial charge in [-0.25, -0.2) is 0 Å². The Kier molecular flexibility index (Phi) is 3.72. The summed E-state index contributed by atoms with van der Waals surface area (Å²) in [6, 6.07) is 0. The molecule has 3 heteroatoms. The van der Waals surface area contributed by atoms with E-state index < -0.39 is 4.87 Å². The second kappa shape index (κ2) is 3.81. The van der Waals surface area contributed by atoms with Gasteiger partial charge in [-0.05, 0) is 13.3 Å². The normalized spacial score (nSPS) is 16.0. The van der Waals surface area contributed by atoms with Gasteiger partial charge in [0.05, 0.1) is 7.11 Å². The second-order valence-electron chi connectivity index (χ2n) is 2.44. The van der Waals surface area contributed by atoms with Crippen LogP contribution < -0.4 is 0 Å². The molecule has 0 rings (SSSR count). The fourth-order valence-corrected chi connectivity index (χ4v) is 1.05. The van der Waals surface area contributed by atoms with Crippen LogP contribution in [0.4, 0.5) is 0 Å². The van der Waals surface area contributed by atoms with Gasteiger partial charge in [0.2, 0.25) is 0 Å². The minimum Gasteiger partial charge on any atom is -0.468 e. The van der Waals surface area contributed by atoms with Crippen molar-refractivity contribution in [3.05, 3.63) is 0 Å². The lowest BCUT2D eigenvalue weighted by atomic mass is 10.1. The van der Waals surface area contributed by atoms with Crippen molar-refractivity contribution in [2.75, 3.05) is 7.11 Å². The van der Waals surface area contributed by atoms with Gasteiger partial charge in [-0.1, -0.05) is 13.3 Å². The van der Waals surface area contributed by atoms with Crippen molar-refractivity contribution in [2.24, 2.45) is 0 Å². The van der Waals surface area contributed by atoms with Crippen molar-refractivity contribution in [3.63, 3.8) is 0 Å². The molecule has 0 aliphatic carbocycles. The highest BCUT2D eigenvalue weighted by molar-refractivity contribution is 6.33. The lowest BCUT2D eigenvalue weighted by Gasteiger charge is -2.17. The zero-order chi connectivity index (χ0) is 8.20. The predicted molar refractivity (Wildman–Crippen MR) is 41.2 cm³/mol. The first-order valence-corrected chi connectivity index (χ1v) is 3.69. The van der Waals surface area contributed by atoms with Crippen LogP contribution in [0.15, 0.2) is 0 Å². The number of carbonyl (C=O) groups excluding carboxylic acids is 1. The molecule has 1 atom stereocenters. The largest absolute Gasteiger partial charge is 0.468 e. The Morgan fingerprint density at radius 3 is 2.50 bits per heavy atom. The average molecular weight is 165 g/mol. The maximum absolute atomic E-state index is 10.9. The molecule has 0 radical (unpaired) electrons. The monoisotopic (exact) mass is 164 g/mol. The molecule has 60 valence electrons. The average Bonchev–Trinajstić information content (AvgIpc) is 1.86. The SMILES string of the molecule is CCCC(C)(Cl)C(=O)OC. The Morgan fingerprint density at radius 1 is 1.70 bits per heavy atom. The van der Waals surface area contributed by atoms with Gasteiger partial charge in [-0.2, -0.15) is 0 Å². The third-order valence-electron chi connectivity index (χ3n) is 1.33. The molecule has 0 bridgehead atoms. The second-order valence-corrected chi connectivity index (χ2v) is 3.27. The van der Waals surface area contributed by atoms with Gasteiger partial charge in [0.15, 0.2) is 0 Å². The topological polar surface area (TPSA) is 26.3 Å². The van der Waals surface area contributed by atoms with Crippen LogP contribution in [0.3, 0.4) is 0 Å². The van der Waals surface area contributed by atoms with Crippen molar-refractivity contribution >= 4 is 17.6 Å². The number of hydrogen-bond acceptors (Lipinski definition) is 2. The van der Waals surface area contributed by atoms with Gasteiger partial charge in [-0.15, -0.1) is 11.6 Å². The van der Waals surface area contributed by atoms with Gasteiger partial charge < -0.3 is 4.74 Å². The number of methoxy groups -OCH3 is 1. The smallest absolute Gasteiger partial charge is 0.326 e. The molecular formula is C7H13ClO2. The van der Waals surface area contributed by atoms with E-state index in [4.69, 9.17) is 11.6 Å². The molecule has 2 nitrogen and oxygen atoms in total. The van der Waals surface area contributed by atoms with E-state index in [1.807, 2.05) is 6.92 Å². The molecule has 1 unspecified atom stereocenters. The molecule has 0 spiro atoms. The van der Waals surface area contributed by atoms with Crippen LogP contribution in [0.25, 0.3) is 0 Å². The molecule has 10 heavy (non-hydrogen) atoms. The Labute approximate surface area is 66.5 Å². The van der Waals surface area contributed by atoms with Crippen LogP contribution in [-0.4, -0.2) is 18.0 Å². The van der Waals surface area contributed by atoms with Crippen molar-refractivity contribution in [2.45, 2.75) is 31.6 Å². The summed E-state index contributed by atoms with van der Waals surface area (Å²) in [6.45, 7) is 3.65. The Balaban J connectivity index is 3.96. The molecule has 0 N–H and O–H groups in total. The number of esters is 1. The van der Waals surface area contributed by atoms with E-state index in [1.165, 1.54) is 7.11 Å². The van der Waals surface area contributed by atoms with E-state index in [1.54, 1.807) is 6.92 Å². The van der Waals surface area contributed by atoms with E-state index in [0.29, 0.717) is 6.42 Å². The molecule has 0 aromatic heterocycles. The first kappa shape index (κ1) is 9.76. The number of alkyl halides is 1. The quantitative estimate of drug-likeness (QED) is 0.471. The first-order chi connectivity index (χ1) is 4.54. The summed E-state index contributed by atoms with van der Waals surface area (Å²) in [7, 11) is 1.35. The molecular weight excluding hydrogens is 152 g/mol. The molecule has 0 aliphatic rings. The summed E-state index contributed by atoms with van der Waals surface area (Å²) in [5, 5.41) is 0. The highest BCUT2D eigenvalue weighted by Crippen LogP contribution is 2.21. The molecule has 0 saturated heterocycles. The van der Waals surface area contributed by atoms with Crippen LogP contribution in [0.1, 0.15) is 26.7 Å². The van der Waals surface area contributed by atoms with Crippen LogP contribution in [0.5, 0.6) is 0 Å². The maximum Gasteiger partial charge on any atom is 0.326 e. The minimum atomic E-state index is -0.830. The third kappa shape index (κ3) is 2.56. The van der Waals surface area contributed by atoms with Gasteiger partial charge >= 0.3 is 5.97 Å². The highest BCUT2D eigenvalue weighted by Gasteiger charge is 2.30. The van der Waals surface area contributed by atoms with E-state index in [2.05, 4.69) is 4.74 Å². The number of ether oxygens (including phenoxy) is 1. The van der Waals surface area contributed by atoms with E-state index in [9.17, 15) is 4.79 Å². The van der Waals surface area contributed by atoms with Crippen molar-refractivity contribution in [3.8, 4) is 0 Å². The number of rotatable bonds is 3. The van der Waals surface area contributed by atoms with Gasteiger partial charge in [0.25, 0.3) is 0 Å². The lowest BCUT2D eigenvalue weighted by Crippen LogP contribution is -2.29. The summed E-state index contributed by atoms with van der Waals surface area (Å²) in [4.78, 5) is 10.0. The molecule has 0 heterocycles. The Bertz CT molecular complexity index is 121. The molecule has 0 aliphatic heterocycles. The Morgan fingerprint density at radius 2 is 2.20 bits per heavy atom. The fraction of sp³-hybridized carbons (Fsp3) is 0.857. The van der Waals surface area contributed by atoms with Crippen LogP contribution in [0.2, 0.25) is 0 Å². The summed E-state index contributed by atoms with van der Waals surface area (Å²) in [5.41, 5.74) is 0. The number of halogens is 1. The summed E-state index contributed by atoms with van der Waals surface area (Å²) in [5.74, 6) is -0.351. The lowest BCUT2D eigenvalue weighted by molar-refractivity contribution is -0.143. The molecule has 0 saturated carbocycles. The van der Waals surface area contributed by atoms with Gasteiger partial charge in [-0.3, -0.25) is 4.79 Å². The maximum atomic E-state index is 10.9. The van der Waals surface area contributed by atoms with Crippen molar-refractivity contribution in [1.82, 2.24) is 0 Å². The van der Waals surface area contributed by atoms with E-state index >= 15 is 0 Å². The molecule has 0 amide bonds. The van der Waals surface area contributed by atoms with Crippen molar-refractivity contribution < 1.29 is 9.53 Å². The van der Waals surface area contributed by atoms with Crippen LogP contribution >= 0.6 is 11.6 Å². The van der Waals surface area contributed by atoms with Crippen LogP contribution in [-0.2, 0) is 9.53 Å². The molecule has 0 aromatic carbocycles. The van der Waals surface area contributed by atoms with Crippen molar-refractivity contribution in [1.29, 1.82) is 0 Å². The number of hydrogen-bond donors (Lipinski definition) is 0. The highest BCUT2D eigenvalue weighted by atomic mass is 35.5. The zero-order valence-electron chi connectivity index (χ0n) is 6.61. The first-order valence-electron chi connectivity index (χ1n) is 3.32. The van der Waals surface area contributed by atoms with E-state index in [-0.39, 0.29) is 5.97 Å². The van der Waals surface area contributed by atoms with Gasteiger partial charge in [0.1, 0.15) is 4.87 Å². The fourth-order valence-electron chi connectivity index (χ4n) is 0.784. The Hall–Kier alpha value is -0.240. The summed E-state index contributed by atoms with van der Waals surface area (Å²) < 4.78 is 4.50. The summed E-state index contributed by atoms with van der Waals surface area (Å²) in [6.07, 6.45) is 1.54. The van der Waals surface area contributed by atoms with E-state index in [0.717, 1.165) is 6.42 Å². The minimum absolute atomic E-state index is 0.351. The van der Waals surface area contributed by atoms with Gasteiger partial charge in [0, 0.05) is 0 Å². The zero-order valence-corrected chi connectivity index (χ0v) is 7.36. The number of carbonyl (C=O) groups is 1. The van der Waals surface area contributed by atoms with Crippen LogP contribution in [0, 0.1) is 0 Å². The third-order valence-corrected chi connectivity index (χ3v) is 1.67. The predicted octanol–water partition coefficient (Wildman–Crippen LogP) is 1.96. The molecule has 0 aromatic rings. The standard InChI is InChI=1S/C7H13ClO2/c1-4-5-7(2,8)6(9)10-3/h4-5H2,1-3H3. The molecule has 0 fully saturated rings.